The van der Waals surface area contributed by atoms with Gasteiger partial charge in [-0.3, -0.25) is 14.3 Å². The molecule has 3 heterocycles. The number of benzene rings is 3. The molecule has 15 nitrogen and oxygen atoms in total. The van der Waals surface area contributed by atoms with E-state index < -0.39 is 38.1 Å². The Balaban J connectivity index is 1.45. The Bertz CT molecular complexity index is 2190. The molecule has 2 aromatic heterocycles. The summed E-state index contributed by atoms with van der Waals surface area (Å²) in [6.07, 6.45) is 1.79. The van der Waals surface area contributed by atoms with Crippen LogP contribution in [0.1, 0.15) is 63.5 Å². The SMILES string of the molecule is COc1ccc(C(OCC2OC(n3cnc4c(=O)[nH]c(N=CN(C)C)nc43)CC2OP(OCCC#N)N(C(C)C)C(C)C)(c2ccccc2)c2ccc(OC)cc2)cc1. The Morgan fingerprint density at radius 1 is 0.983 bits per heavy atom. The van der Waals surface area contributed by atoms with Crippen molar-refractivity contribution in [1.82, 2.24) is 29.1 Å². The highest BCUT2D eigenvalue weighted by atomic mass is 31.2. The Kier molecular flexibility index (Phi) is 14.5. The van der Waals surface area contributed by atoms with E-state index in [1.54, 1.807) is 36.4 Å². The molecule has 16 heteroatoms. The smallest absolute Gasteiger partial charge is 0.280 e. The van der Waals surface area contributed by atoms with E-state index >= 15 is 0 Å². The van der Waals surface area contributed by atoms with Crippen LogP contribution in [0.2, 0.25) is 0 Å². The van der Waals surface area contributed by atoms with Crippen molar-refractivity contribution in [2.24, 2.45) is 4.99 Å². The van der Waals surface area contributed by atoms with E-state index in [0.717, 1.165) is 16.7 Å². The van der Waals surface area contributed by atoms with Crippen LogP contribution < -0.4 is 15.0 Å². The quantitative estimate of drug-likeness (QED) is 0.0291. The highest BCUT2D eigenvalue weighted by Crippen LogP contribution is 2.51. The first-order valence-electron chi connectivity index (χ1n) is 19.6. The van der Waals surface area contributed by atoms with Gasteiger partial charge in [0.15, 0.2) is 11.2 Å². The number of aromatic amines is 1. The lowest BCUT2D eigenvalue weighted by Gasteiger charge is -2.39. The van der Waals surface area contributed by atoms with Gasteiger partial charge in [-0.15, -0.1) is 0 Å². The summed E-state index contributed by atoms with van der Waals surface area (Å²) in [6, 6.07) is 28.1. The summed E-state index contributed by atoms with van der Waals surface area (Å²) in [5, 5.41) is 9.40. The second-order valence-corrected chi connectivity index (χ2v) is 16.2. The van der Waals surface area contributed by atoms with Gasteiger partial charge in [0, 0.05) is 32.6 Å². The molecule has 59 heavy (non-hydrogen) atoms. The van der Waals surface area contributed by atoms with Gasteiger partial charge in [0.05, 0.1) is 58.7 Å². The molecule has 0 radical (unpaired) electrons. The molecule has 1 aliphatic rings. The van der Waals surface area contributed by atoms with Gasteiger partial charge >= 0.3 is 0 Å². The molecule has 1 saturated heterocycles. The van der Waals surface area contributed by atoms with Crippen molar-refractivity contribution in [3.63, 3.8) is 0 Å². The monoisotopic (exact) mass is 824 g/mol. The van der Waals surface area contributed by atoms with E-state index in [4.69, 9.17) is 28.0 Å². The Morgan fingerprint density at radius 3 is 2.15 bits per heavy atom. The number of rotatable bonds is 19. The highest BCUT2D eigenvalue weighted by Gasteiger charge is 2.45. The summed E-state index contributed by atoms with van der Waals surface area (Å²) in [4.78, 5) is 31.0. The van der Waals surface area contributed by atoms with Crippen molar-refractivity contribution in [2.45, 2.75) is 76.7 Å². The number of nitrogens with zero attached hydrogens (tertiary/aromatic N) is 7. The summed E-state index contributed by atoms with van der Waals surface area (Å²) in [5.74, 6) is 1.55. The van der Waals surface area contributed by atoms with Crippen LogP contribution >= 0.6 is 8.53 Å². The number of hydrogen-bond acceptors (Lipinski definition) is 12. The molecule has 6 rings (SSSR count). The number of nitriles is 1. The second kappa shape index (κ2) is 19.7. The summed E-state index contributed by atoms with van der Waals surface area (Å²) in [5.41, 5.74) is 1.55. The van der Waals surface area contributed by atoms with Crippen LogP contribution in [0.25, 0.3) is 11.2 Å². The molecule has 312 valence electrons. The van der Waals surface area contributed by atoms with Gasteiger partial charge in [0.1, 0.15) is 29.4 Å². The molecule has 1 fully saturated rings. The van der Waals surface area contributed by atoms with Crippen molar-refractivity contribution >= 4 is 32.0 Å². The zero-order valence-corrected chi connectivity index (χ0v) is 35.7. The van der Waals surface area contributed by atoms with E-state index in [1.165, 1.54) is 0 Å². The number of fused-ring (bicyclic) bond motifs is 1. The minimum atomic E-state index is -1.67. The van der Waals surface area contributed by atoms with Crippen LogP contribution in [0.3, 0.4) is 0 Å². The van der Waals surface area contributed by atoms with Gasteiger partial charge in [-0.25, -0.2) is 14.6 Å². The molecular formula is C43H53N8O7P. The first-order chi connectivity index (χ1) is 28.5. The third-order valence-electron chi connectivity index (χ3n) is 9.85. The number of aromatic nitrogens is 4. The number of imidazole rings is 1. The van der Waals surface area contributed by atoms with Gasteiger partial charge in [-0.05, 0) is 68.7 Å². The van der Waals surface area contributed by atoms with Gasteiger partial charge in [0.25, 0.3) is 14.1 Å². The van der Waals surface area contributed by atoms with Gasteiger partial charge < -0.3 is 32.9 Å². The predicted molar refractivity (Wildman–Crippen MR) is 227 cm³/mol. The van der Waals surface area contributed by atoms with Crippen molar-refractivity contribution in [2.75, 3.05) is 41.5 Å². The lowest BCUT2D eigenvalue weighted by atomic mass is 9.80. The minimum Gasteiger partial charge on any atom is -0.497 e. The third kappa shape index (κ3) is 9.82. The average molecular weight is 825 g/mol. The molecule has 1 N–H and O–H groups in total. The van der Waals surface area contributed by atoms with E-state index in [1.807, 2.05) is 93.0 Å². The maximum absolute atomic E-state index is 13.2. The summed E-state index contributed by atoms with van der Waals surface area (Å²) in [6.45, 7) is 8.65. The Morgan fingerprint density at radius 2 is 1.59 bits per heavy atom. The van der Waals surface area contributed by atoms with Crippen molar-refractivity contribution < 1.29 is 28.0 Å². The molecular weight excluding hydrogens is 771 g/mol. The van der Waals surface area contributed by atoms with Crippen molar-refractivity contribution in [3.8, 4) is 17.6 Å². The van der Waals surface area contributed by atoms with Gasteiger partial charge in [0.2, 0.25) is 5.95 Å². The lowest BCUT2D eigenvalue weighted by Crippen LogP contribution is -2.39. The van der Waals surface area contributed by atoms with Crippen LogP contribution in [0.15, 0.2) is 95.0 Å². The summed E-state index contributed by atoms with van der Waals surface area (Å²) >= 11 is 0. The maximum atomic E-state index is 13.2. The van der Waals surface area contributed by atoms with Crippen molar-refractivity contribution in [3.05, 3.63) is 112 Å². The number of aliphatic imine (C=N–C) groups is 1. The average Bonchev–Trinajstić information content (AvgIpc) is 3.85. The van der Waals surface area contributed by atoms with Crippen LogP contribution in [-0.2, 0) is 24.1 Å². The molecule has 1 aliphatic heterocycles. The van der Waals surface area contributed by atoms with Crippen LogP contribution in [-0.4, -0.2) is 101 Å². The Labute approximate surface area is 346 Å². The fraction of sp³-hybridized carbons (Fsp3) is 0.419. The molecule has 0 spiro atoms. The third-order valence-corrected chi connectivity index (χ3v) is 12.0. The first kappa shape index (κ1) is 43.4. The summed E-state index contributed by atoms with van der Waals surface area (Å²) < 4.78 is 42.7. The van der Waals surface area contributed by atoms with E-state index in [2.05, 4.69) is 58.4 Å². The molecule has 0 saturated carbocycles. The predicted octanol–water partition coefficient (Wildman–Crippen LogP) is 7.32. The standard InChI is InChI=1S/C43H53N8O7P/c1-29(2)51(30(3)4)59(56-24-12-23-44)58-36-25-38(50-28-45-39-40(50)47-42(48-41(39)52)46-27-49(5)6)57-37(36)26-55-43(31-13-10-9-11-14-31,32-15-19-34(53-7)20-16-32)33-17-21-35(54-8)22-18-33/h9-11,13-22,27-30,36-38H,12,24-26H2,1-8H3,(H,47,48,52). The fourth-order valence-electron chi connectivity index (χ4n) is 7.18. The Hall–Kier alpha value is -5.20. The van der Waals surface area contributed by atoms with E-state index in [0.29, 0.717) is 23.6 Å². The van der Waals surface area contributed by atoms with Gasteiger partial charge in [-0.1, -0.05) is 54.6 Å². The topological polar surface area (TPSA) is 162 Å². The van der Waals surface area contributed by atoms with Gasteiger partial charge in [-0.2, -0.15) is 10.2 Å². The maximum Gasteiger partial charge on any atom is 0.280 e. The van der Waals surface area contributed by atoms with E-state index in [-0.39, 0.29) is 43.2 Å². The van der Waals surface area contributed by atoms with Crippen LogP contribution in [0.4, 0.5) is 5.95 Å². The molecule has 0 aliphatic carbocycles. The van der Waals surface area contributed by atoms with Crippen molar-refractivity contribution in [1.29, 1.82) is 5.26 Å². The zero-order valence-electron chi connectivity index (χ0n) is 34.8. The number of hydrogen-bond donors (Lipinski definition) is 1. The number of H-pyrrole nitrogens is 1. The number of ether oxygens (including phenoxy) is 4. The first-order valence-corrected chi connectivity index (χ1v) is 20.7. The fourth-order valence-corrected chi connectivity index (χ4v) is 8.94. The number of nitrogens with one attached hydrogen (secondary N) is 1. The zero-order chi connectivity index (χ0) is 42.1. The molecule has 0 bridgehead atoms. The number of methoxy groups -OCH3 is 2. The van der Waals surface area contributed by atoms with Crippen LogP contribution in [0, 0.1) is 11.3 Å². The largest absolute Gasteiger partial charge is 0.497 e. The summed E-state index contributed by atoms with van der Waals surface area (Å²) in [7, 11) is 5.26. The molecule has 4 unspecified atom stereocenters. The molecule has 4 atom stereocenters. The van der Waals surface area contributed by atoms with E-state index in [9.17, 15) is 10.1 Å². The highest BCUT2D eigenvalue weighted by molar-refractivity contribution is 7.44. The molecule has 5 aromatic rings. The minimum absolute atomic E-state index is 0.0673. The second-order valence-electron chi connectivity index (χ2n) is 14.8. The lowest BCUT2D eigenvalue weighted by molar-refractivity contribution is -0.0912. The molecule has 3 aromatic carbocycles. The van der Waals surface area contributed by atoms with Crippen LogP contribution in [0.5, 0.6) is 11.5 Å². The normalized spacial score (nSPS) is 17.6. The molecule has 0 amide bonds.